The molecule has 0 amide bonds. The van der Waals surface area contributed by atoms with Crippen LogP contribution in [0.3, 0.4) is 0 Å². The molecular formula is C28H16B2F4N4. The summed E-state index contributed by atoms with van der Waals surface area (Å²) >= 11 is 0. The molecule has 6 heterocycles. The second-order valence-electron chi connectivity index (χ2n) is 9.38. The lowest BCUT2D eigenvalue weighted by molar-refractivity contribution is -0.312. The Morgan fingerprint density at radius 3 is 1.50 bits per heavy atom. The van der Waals surface area contributed by atoms with E-state index in [0.717, 1.165) is 12.2 Å². The summed E-state index contributed by atoms with van der Waals surface area (Å²) in [5.41, 5.74) is -1.79. The van der Waals surface area contributed by atoms with Crippen LogP contribution < -0.4 is 0 Å². The molecule has 5 aromatic rings. The van der Waals surface area contributed by atoms with Gasteiger partial charge in [-0.3, -0.25) is 0 Å². The van der Waals surface area contributed by atoms with Gasteiger partial charge in [0.05, 0.1) is 24.8 Å². The monoisotopic (exact) mass is 518 g/mol. The van der Waals surface area contributed by atoms with E-state index in [9.17, 15) is 0 Å². The van der Waals surface area contributed by atoms with Gasteiger partial charge in [-0.1, -0.05) is 48.3 Å². The molecule has 3 aromatic carbocycles. The third-order valence-corrected chi connectivity index (χ3v) is 7.37. The lowest BCUT2D eigenvalue weighted by Gasteiger charge is -2.27. The summed E-state index contributed by atoms with van der Waals surface area (Å²) in [6.07, 6.45) is -1.01. The fourth-order valence-electron chi connectivity index (χ4n) is 5.68. The molecule has 4 nitrogen and oxygen atoms in total. The molecule has 0 saturated heterocycles. The number of hydrogen-bond acceptors (Lipinski definition) is 0. The minimum absolute atomic E-state index is 0.0513. The van der Waals surface area contributed by atoms with E-state index in [4.69, 9.17) is 16.4 Å². The van der Waals surface area contributed by atoms with E-state index < -0.39 is 109 Å². The van der Waals surface area contributed by atoms with Gasteiger partial charge in [-0.2, -0.15) is 0 Å². The largest absolute Gasteiger partial charge is 0.737 e. The zero-order chi connectivity index (χ0) is 36.0. The van der Waals surface area contributed by atoms with Gasteiger partial charge in [-0.25, -0.2) is 0 Å². The topological polar surface area (TPSA) is 15.9 Å². The van der Waals surface area contributed by atoms with Crippen LogP contribution in [0.2, 0.25) is 0 Å². The molecule has 4 aliphatic rings. The van der Waals surface area contributed by atoms with Crippen molar-refractivity contribution >= 4 is 71.4 Å². The van der Waals surface area contributed by atoms with E-state index in [0.29, 0.717) is 8.97 Å². The molecule has 0 spiro atoms. The van der Waals surface area contributed by atoms with Crippen molar-refractivity contribution in [1.82, 2.24) is 8.96 Å². The average Bonchev–Trinajstić information content (AvgIpc) is 3.72. The fraction of sp³-hybridized carbons (Fsp3) is 0. The van der Waals surface area contributed by atoms with Crippen LogP contribution in [0.25, 0.3) is 45.1 Å². The van der Waals surface area contributed by atoms with Gasteiger partial charge in [0.1, 0.15) is 15.1 Å². The highest BCUT2D eigenvalue weighted by Crippen LogP contribution is 2.44. The molecular weight excluding hydrogens is 490 g/mol. The van der Waals surface area contributed by atoms with E-state index in [2.05, 4.69) is 0 Å². The molecule has 9 rings (SSSR count). The summed E-state index contributed by atoms with van der Waals surface area (Å²) in [4.78, 5) is 0. The molecule has 0 saturated carbocycles. The van der Waals surface area contributed by atoms with Gasteiger partial charge in [-0.15, -0.1) is 0 Å². The van der Waals surface area contributed by atoms with Crippen molar-refractivity contribution in [2.45, 2.75) is 0 Å². The van der Waals surface area contributed by atoms with Crippen LogP contribution >= 0.6 is 0 Å². The number of hydrogen-bond donors (Lipinski definition) is 0. The quantitative estimate of drug-likeness (QED) is 0.178. The lowest BCUT2D eigenvalue weighted by atomic mass is 9.89. The van der Waals surface area contributed by atoms with Gasteiger partial charge in [0.15, 0.2) is 11.4 Å². The van der Waals surface area contributed by atoms with Gasteiger partial charge < -0.3 is 35.2 Å². The third kappa shape index (κ3) is 2.26. The maximum atomic E-state index is 16.5. The molecule has 38 heavy (non-hydrogen) atoms. The maximum absolute atomic E-state index is 16.5. The summed E-state index contributed by atoms with van der Waals surface area (Å²) < 4.78 is 168. The van der Waals surface area contributed by atoms with Crippen LogP contribution in [0.4, 0.5) is 17.3 Å². The smallest absolute Gasteiger partial charge is 0.395 e. The van der Waals surface area contributed by atoms with Gasteiger partial charge in [-0.05, 0) is 35.3 Å². The van der Waals surface area contributed by atoms with Gasteiger partial charge >= 0.3 is 13.9 Å². The molecule has 0 fully saturated rings. The molecule has 182 valence electrons. The summed E-state index contributed by atoms with van der Waals surface area (Å²) in [5, 5.41) is -1.52. The lowest BCUT2D eigenvalue weighted by Crippen LogP contribution is -2.47. The van der Waals surface area contributed by atoms with Crippen LogP contribution in [0.1, 0.15) is 50.1 Å². The van der Waals surface area contributed by atoms with Gasteiger partial charge in [0.2, 0.25) is 0 Å². The predicted molar refractivity (Wildman–Crippen MR) is 144 cm³/mol. The van der Waals surface area contributed by atoms with Crippen LogP contribution in [-0.2, 0) is 0 Å². The number of fused-ring (bicyclic) bond motifs is 12. The average molecular weight is 518 g/mol. The second-order valence-corrected chi connectivity index (χ2v) is 9.38. The first-order valence-corrected chi connectivity index (χ1v) is 11.5. The van der Waals surface area contributed by atoms with E-state index in [-0.39, 0.29) is 53.4 Å². The third-order valence-electron chi connectivity index (χ3n) is 7.37. The summed E-state index contributed by atoms with van der Waals surface area (Å²) in [5.74, 6) is 0. The molecule has 4 aliphatic heterocycles. The normalized spacial score (nSPS) is 24.0. The SMILES string of the molecule is [2H]C1=[N+]2C(=Cc3c4c([2H])c([2H])c([2H])c([2H])c4c([2H])n3[B-]2(F)F)c2cc3c(cc21)C1=Cc2c4c([2H])c([2H])c([2H])c([2H])c4c([2H])n2[B-](F)(F)[N+]1=C3[2H]. The van der Waals surface area contributed by atoms with Crippen LogP contribution in [-0.4, -0.2) is 44.3 Å². The molecule has 0 N–H and O–H groups in total. The summed E-state index contributed by atoms with van der Waals surface area (Å²) in [6, 6.07) is -3.08. The molecule has 0 atom stereocenters. The number of aromatic nitrogens is 2. The van der Waals surface area contributed by atoms with Crippen molar-refractivity contribution < 1.29 is 42.7 Å². The Morgan fingerprint density at radius 2 is 1.05 bits per heavy atom. The minimum Gasteiger partial charge on any atom is -0.395 e. The van der Waals surface area contributed by atoms with Crippen LogP contribution in [0.5, 0.6) is 0 Å². The van der Waals surface area contributed by atoms with E-state index >= 15 is 17.3 Å². The van der Waals surface area contributed by atoms with Crippen molar-refractivity contribution in [1.29, 1.82) is 0 Å². The van der Waals surface area contributed by atoms with Gasteiger partial charge in [0, 0.05) is 45.4 Å². The summed E-state index contributed by atoms with van der Waals surface area (Å²) in [7, 11) is 0. The van der Waals surface area contributed by atoms with Gasteiger partial charge in [0.25, 0.3) is 0 Å². The molecule has 0 aliphatic carbocycles. The van der Waals surface area contributed by atoms with Crippen molar-refractivity contribution in [2.75, 3.05) is 0 Å². The first-order chi connectivity index (χ1) is 23.3. The zero-order valence-electron chi connectivity index (χ0n) is 30.8. The number of halogens is 4. The highest BCUT2D eigenvalue weighted by molar-refractivity contribution is 6.59. The Bertz CT molecular complexity index is 2560. The Morgan fingerprint density at radius 1 is 0.632 bits per heavy atom. The molecule has 0 unspecified atom stereocenters. The maximum Gasteiger partial charge on any atom is 0.737 e. The Kier molecular flexibility index (Phi) is 2.03. The first-order valence-electron chi connectivity index (χ1n) is 17.5. The van der Waals surface area contributed by atoms with Crippen LogP contribution in [0.15, 0.2) is 72.8 Å². The Hall–Kier alpha value is -4.59. The zero-order valence-corrected chi connectivity index (χ0v) is 18.8. The minimum atomic E-state index is -5.06. The Labute approximate surface area is 230 Å². The highest BCUT2D eigenvalue weighted by Gasteiger charge is 2.54. The number of benzene rings is 3. The van der Waals surface area contributed by atoms with Crippen molar-refractivity contribution in [2.24, 2.45) is 0 Å². The first kappa shape index (κ1) is 12.3. The van der Waals surface area contributed by atoms with Crippen LogP contribution in [0, 0.1) is 0 Å². The molecule has 0 radical (unpaired) electrons. The molecule has 10 heteroatoms. The number of rotatable bonds is 0. The molecule has 0 bridgehead atoms. The molecule has 2 aromatic heterocycles. The highest BCUT2D eigenvalue weighted by atomic mass is 19.3. The summed E-state index contributed by atoms with van der Waals surface area (Å²) in [6.45, 7) is -10.1. The second kappa shape index (κ2) is 6.27. The van der Waals surface area contributed by atoms with E-state index in [1.54, 1.807) is 0 Å². The standard InChI is InChI=1S/C28H16B2F4N4/c31-29(32)35-13-17-5-1-3-7-21(17)25(35)11-27-23-9-20-16-38-28(24(20)10-19(23)15-37(27)29)12-26-22-8-4-2-6-18(22)14-36(26)30(38,33)34/h1-16H/i1D,2D,3D,4D,5D,6D,7D,8D,13D,14D,15D,16D. The van der Waals surface area contributed by atoms with Crippen molar-refractivity contribution in [3.05, 3.63) is 106 Å². The predicted octanol–water partition coefficient (Wildman–Crippen LogP) is 5.95. The van der Waals surface area contributed by atoms with E-state index in [1.807, 2.05) is 0 Å². The van der Waals surface area contributed by atoms with Crippen molar-refractivity contribution in [3.8, 4) is 0 Å². The Balaban J connectivity index is 1.33. The van der Waals surface area contributed by atoms with E-state index in [1.165, 1.54) is 12.1 Å². The number of nitrogens with zero attached hydrogens (tertiary/aromatic N) is 4. The fourth-order valence-corrected chi connectivity index (χ4v) is 5.68. The van der Waals surface area contributed by atoms with Crippen molar-refractivity contribution in [3.63, 3.8) is 0 Å².